The number of benzene rings is 1. The van der Waals surface area contributed by atoms with Crippen molar-refractivity contribution in [3.8, 4) is 0 Å². The van der Waals surface area contributed by atoms with Crippen LogP contribution in [0.15, 0.2) is 30.5 Å². The van der Waals surface area contributed by atoms with Crippen molar-refractivity contribution in [2.24, 2.45) is 5.92 Å². The van der Waals surface area contributed by atoms with E-state index in [4.69, 9.17) is 11.6 Å². The molecule has 1 unspecified atom stereocenters. The van der Waals surface area contributed by atoms with Crippen LogP contribution in [0.2, 0.25) is 5.02 Å². The normalized spacial score (nSPS) is 19.1. The number of rotatable bonds is 5. The van der Waals surface area contributed by atoms with Gasteiger partial charge in [0.25, 0.3) is 0 Å². The third kappa shape index (κ3) is 3.88. The van der Waals surface area contributed by atoms with Crippen LogP contribution in [0.1, 0.15) is 19.8 Å². The fraction of sp³-hybridized carbons (Fsp3) is 0.500. The van der Waals surface area contributed by atoms with E-state index in [1.54, 1.807) is 0 Å². The summed E-state index contributed by atoms with van der Waals surface area (Å²) in [5.74, 6) is 0.349. The van der Waals surface area contributed by atoms with Crippen LogP contribution < -0.4 is 5.32 Å². The molecule has 2 aromatic rings. The molecule has 1 aliphatic rings. The molecule has 0 aliphatic carbocycles. The summed E-state index contributed by atoms with van der Waals surface area (Å²) in [5.41, 5.74) is 1.21. The summed E-state index contributed by atoms with van der Waals surface area (Å²) in [6, 6.07) is 8.12. The number of aromatic nitrogens is 1. The molecule has 1 N–H and O–H groups in total. The van der Waals surface area contributed by atoms with Crippen molar-refractivity contribution in [2.45, 2.75) is 26.3 Å². The van der Waals surface area contributed by atoms with Gasteiger partial charge < -0.3 is 14.8 Å². The molecule has 0 radical (unpaired) electrons. The van der Waals surface area contributed by atoms with Crippen LogP contribution in [0.3, 0.4) is 0 Å². The lowest BCUT2D eigenvalue weighted by molar-refractivity contribution is -0.126. The van der Waals surface area contributed by atoms with E-state index >= 15 is 0 Å². The molecule has 4 nitrogen and oxygen atoms in total. The first kappa shape index (κ1) is 16.3. The van der Waals surface area contributed by atoms with Gasteiger partial charge in [0.05, 0.1) is 5.92 Å². The molecule has 1 saturated heterocycles. The molecule has 1 amide bonds. The van der Waals surface area contributed by atoms with Crippen LogP contribution in [-0.2, 0) is 11.3 Å². The minimum Gasteiger partial charge on any atom is -0.356 e. The number of fused-ring (bicyclic) bond motifs is 1. The van der Waals surface area contributed by atoms with Gasteiger partial charge >= 0.3 is 0 Å². The van der Waals surface area contributed by atoms with E-state index < -0.39 is 0 Å². The van der Waals surface area contributed by atoms with E-state index in [0.717, 1.165) is 44.0 Å². The van der Waals surface area contributed by atoms with Crippen LogP contribution >= 0.6 is 11.6 Å². The van der Waals surface area contributed by atoms with Gasteiger partial charge in [-0.05, 0) is 50.6 Å². The standard InChI is InChI=1S/C18H24ClN3O/c1-2-20-18(23)15-4-3-8-21(13-15)10-11-22-9-7-14-12-16(19)5-6-17(14)22/h5-7,9,12,15H,2-4,8,10-11,13H2,1H3,(H,20,23). The molecular weight excluding hydrogens is 310 g/mol. The Bertz CT molecular complexity index is 682. The van der Waals surface area contributed by atoms with Crippen LogP contribution in [0.5, 0.6) is 0 Å². The van der Waals surface area contributed by atoms with Crippen LogP contribution in [-0.4, -0.2) is 41.6 Å². The highest BCUT2D eigenvalue weighted by molar-refractivity contribution is 6.31. The number of hydrogen-bond donors (Lipinski definition) is 1. The first-order valence-corrected chi connectivity index (χ1v) is 8.79. The van der Waals surface area contributed by atoms with E-state index in [0.29, 0.717) is 6.54 Å². The van der Waals surface area contributed by atoms with Crippen molar-refractivity contribution in [3.63, 3.8) is 0 Å². The van der Waals surface area contributed by atoms with Crippen molar-refractivity contribution in [3.05, 3.63) is 35.5 Å². The molecule has 124 valence electrons. The number of halogens is 1. The Balaban J connectivity index is 1.60. The third-order valence-corrected chi connectivity index (χ3v) is 4.85. The zero-order chi connectivity index (χ0) is 16.2. The van der Waals surface area contributed by atoms with Crippen molar-refractivity contribution >= 4 is 28.4 Å². The van der Waals surface area contributed by atoms with Crippen molar-refractivity contribution in [1.82, 2.24) is 14.8 Å². The summed E-state index contributed by atoms with van der Waals surface area (Å²) in [6.07, 6.45) is 4.23. The van der Waals surface area contributed by atoms with Gasteiger partial charge in [-0.15, -0.1) is 0 Å². The second-order valence-electron chi connectivity index (χ2n) is 6.25. The van der Waals surface area contributed by atoms with Gasteiger partial charge in [-0.2, -0.15) is 0 Å². The molecule has 1 aliphatic heterocycles. The fourth-order valence-electron chi connectivity index (χ4n) is 3.41. The number of carbonyl (C=O) groups is 1. The van der Waals surface area contributed by atoms with Crippen LogP contribution in [0.4, 0.5) is 0 Å². The molecule has 3 rings (SSSR count). The van der Waals surface area contributed by atoms with E-state index in [2.05, 4.69) is 33.1 Å². The molecule has 0 spiro atoms. The number of likely N-dealkylation sites (tertiary alicyclic amines) is 1. The summed E-state index contributed by atoms with van der Waals surface area (Å²) in [6.45, 7) is 6.56. The average Bonchev–Trinajstić information content (AvgIpc) is 2.95. The molecule has 1 fully saturated rings. The topological polar surface area (TPSA) is 37.3 Å². The van der Waals surface area contributed by atoms with Gasteiger partial charge in [-0.3, -0.25) is 4.79 Å². The Morgan fingerprint density at radius 1 is 1.35 bits per heavy atom. The van der Waals surface area contributed by atoms with E-state index in [-0.39, 0.29) is 11.8 Å². The van der Waals surface area contributed by atoms with Gasteiger partial charge in [0.15, 0.2) is 0 Å². The largest absolute Gasteiger partial charge is 0.356 e. The van der Waals surface area contributed by atoms with Crippen molar-refractivity contribution in [1.29, 1.82) is 0 Å². The zero-order valence-corrected chi connectivity index (χ0v) is 14.4. The van der Waals surface area contributed by atoms with Gasteiger partial charge in [0, 0.05) is 48.3 Å². The third-order valence-electron chi connectivity index (χ3n) is 4.62. The fourth-order valence-corrected chi connectivity index (χ4v) is 3.59. The molecule has 5 heteroatoms. The quantitative estimate of drug-likeness (QED) is 0.912. The molecule has 0 bridgehead atoms. The molecule has 2 heterocycles. The molecule has 0 saturated carbocycles. The number of nitrogens with zero attached hydrogens (tertiary/aromatic N) is 2. The molecule has 1 atom stereocenters. The number of carbonyl (C=O) groups excluding carboxylic acids is 1. The molecule has 1 aromatic carbocycles. The Morgan fingerprint density at radius 2 is 2.22 bits per heavy atom. The highest BCUT2D eigenvalue weighted by Crippen LogP contribution is 2.21. The van der Waals surface area contributed by atoms with Crippen molar-refractivity contribution in [2.75, 3.05) is 26.2 Å². The summed E-state index contributed by atoms with van der Waals surface area (Å²) in [5, 5.41) is 4.90. The monoisotopic (exact) mass is 333 g/mol. The van der Waals surface area contributed by atoms with E-state index in [1.807, 2.05) is 19.1 Å². The lowest BCUT2D eigenvalue weighted by atomic mass is 9.97. The minimum atomic E-state index is 0.143. The highest BCUT2D eigenvalue weighted by Gasteiger charge is 2.25. The van der Waals surface area contributed by atoms with Crippen molar-refractivity contribution < 1.29 is 4.79 Å². The first-order valence-electron chi connectivity index (χ1n) is 8.42. The number of hydrogen-bond acceptors (Lipinski definition) is 2. The zero-order valence-electron chi connectivity index (χ0n) is 13.6. The maximum absolute atomic E-state index is 12.0. The van der Waals surface area contributed by atoms with Gasteiger partial charge in [-0.1, -0.05) is 11.6 Å². The summed E-state index contributed by atoms with van der Waals surface area (Å²) < 4.78 is 2.27. The highest BCUT2D eigenvalue weighted by atomic mass is 35.5. The Kier molecular flexibility index (Phi) is 5.23. The minimum absolute atomic E-state index is 0.143. The lowest BCUT2D eigenvalue weighted by Gasteiger charge is -2.32. The maximum Gasteiger partial charge on any atom is 0.224 e. The number of amides is 1. The Labute approximate surface area is 142 Å². The van der Waals surface area contributed by atoms with E-state index in [1.165, 1.54) is 10.9 Å². The van der Waals surface area contributed by atoms with Gasteiger partial charge in [0.1, 0.15) is 0 Å². The second-order valence-corrected chi connectivity index (χ2v) is 6.68. The first-order chi connectivity index (χ1) is 11.2. The smallest absolute Gasteiger partial charge is 0.224 e. The lowest BCUT2D eigenvalue weighted by Crippen LogP contribution is -2.43. The Morgan fingerprint density at radius 3 is 3.04 bits per heavy atom. The van der Waals surface area contributed by atoms with Crippen LogP contribution in [0.25, 0.3) is 10.9 Å². The molecule has 1 aromatic heterocycles. The maximum atomic E-state index is 12.0. The SMILES string of the molecule is CCNC(=O)C1CCCN(CCn2ccc3cc(Cl)ccc32)C1. The average molecular weight is 334 g/mol. The summed E-state index contributed by atoms with van der Waals surface area (Å²) >= 11 is 6.04. The summed E-state index contributed by atoms with van der Waals surface area (Å²) in [4.78, 5) is 14.4. The van der Waals surface area contributed by atoms with Gasteiger partial charge in [-0.25, -0.2) is 0 Å². The Hall–Kier alpha value is -1.52. The second kappa shape index (κ2) is 7.37. The molecular formula is C18H24ClN3O. The van der Waals surface area contributed by atoms with Gasteiger partial charge in [0.2, 0.25) is 5.91 Å². The molecule has 23 heavy (non-hydrogen) atoms. The predicted octanol–water partition coefficient (Wildman–Crippen LogP) is 3.14. The number of nitrogens with one attached hydrogen (secondary N) is 1. The number of piperidine rings is 1. The summed E-state index contributed by atoms with van der Waals surface area (Å²) in [7, 11) is 0. The van der Waals surface area contributed by atoms with Crippen LogP contribution in [0, 0.1) is 5.92 Å². The van der Waals surface area contributed by atoms with E-state index in [9.17, 15) is 4.79 Å². The predicted molar refractivity (Wildman–Crippen MR) is 94.8 cm³/mol.